The number of phosphoric acid groups is 1. The molecule has 0 spiro atoms. The molecule has 0 aliphatic carbocycles. The fourth-order valence-corrected chi connectivity index (χ4v) is 6.12. The fourth-order valence-electron chi connectivity index (χ4n) is 4.56. The molecule has 0 saturated carbocycles. The third-order valence-electron chi connectivity index (χ3n) is 6.82. The number of benzene rings is 2. The van der Waals surface area contributed by atoms with Crippen molar-refractivity contribution in [3.8, 4) is 0 Å². The summed E-state index contributed by atoms with van der Waals surface area (Å²) in [5, 5.41) is 32.1. The maximum Gasteiger partial charge on any atom is 0.475 e. The Bertz CT molecular complexity index is 1600. The lowest BCUT2D eigenvalue weighted by Gasteiger charge is -2.23. The molecular formula is C26H26ClN6O10P. The van der Waals surface area contributed by atoms with E-state index in [2.05, 4.69) is 15.0 Å². The molecule has 0 amide bonds. The first-order chi connectivity index (χ1) is 21.2. The van der Waals surface area contributed by atoms with Gasteiger partial charge in [-0.05, 0) is 24.0 Å². The van der Waals surface area contributed by atoms with Crippen LogP contribution in [0.25, 0.3) is 11.2 Å². The number of rotatable bonds is 14. The standard InChI is InChI=1S/C26H26ClN6O10P/c27-25-24-26(29-15-28-25)31(16-30-24)23-13-21(22(14-34)42-23)43-44(39,40-11-9-17-1-5-19(6-2-17)32(35)36)41-12-10-18-3-7-20(8-4-18)33(37)38/h1-8,15-16,21-23,34H,9-14H2/t21-,22+,23+/m0/s1. The number of aromatic nitrogens is 4. The molecule has 1 N–H and O–H groups in total. The summed E-state index contributed by atoms with van der Waals surface area (Å²) in [6, 6.07) is 11.7. The molecule has 232 valence electrons. The quantitative estimate of drug-likeness (QED) is 0.0861. The van der Waals surface area contributed by atoms with E-state index in [0.29, 0.717) is 22.3 Å². The molecular weight excluding hydrogens is 623 g/mol. The molecule has 18 heteroatoms. The largest absolute Gasteiger partial charge is 0.475 e. The van der Waals surface area contributed by atoms with Gasteiger partial charge in [0, 0.05) is 30.7 Å². The van der Waals surface area contributed by atoms with Crippen LogP contribution in [0.1, 0.15) is 23.8 Å². The summed E-state index contributed by atoms with van der Waals surface area (Å²) in [5.41, 5.74) is 2.01. The van der Waals surface area contributed by atoms with Crippen LogP contribution in [0.3, 0.4) is 0 Å². The van der Waals surface area contributed by atoms with Crippen molar-refractivity contribution in [3.63, 3.8) is 0 Å². The van der Waals surface area contributed by atoms with Gasteiger partial charge in [0.1, 0.15) is 30.3 Å². The fraction of sp³-hybridized carbons (Fsp3) is 0.346. The molecule has 16 nitrogen and oxygen atoms in total. The topological polar surface area (TPSA) is 204 Å². The molecule has 0 unspecified atom stereocenters. The predicted molar refractivity (Wildman–Crippen MR) is 154 cm³/mol. The third kappa shape index (κ3) is 7.42. The van der Waals surface area contributed by atoms with E-state index in [-0.39, 0.29) is 49.0 Å². The minimum absolute atomic E-state index is 0.0662. The molecule has 2 aromatic carbocycles. The smallest absolute Gasteiger partial charge is 0.394 e. The van der Waals surface area contributed by atoms with Gasteiger partial charge in [0.25, 0.3) is 11.4 Å². The number of halogens is 1. The molecule has 3 atom stereocenters. The molecule has 1 aliphatic heterocycles. The molecule has 1 aliphatic rings. The Kier molecular flexibility index (Phi) is 9.90. The first-order valence-electron chi connectivity index (χ1n) is 13.3. The van der Waals surface area contributed by atoms with Crippen molar-refractivity contribution in [1.29, 1.82) is 0 Å². The Labute approximate surface area is 254 Å². The zero-order valence-corrected chi connectivity index (χ0v) is 24.5. The molecule has 5 rings (SSSR count). The second-order valence-electron chi connectivity index (χ2n) is 9.64. The van der Waals surface area contributed by atoms with Crippen molar-refractivity contribution >= 4 is 42.0 Å². The van der Waals surface area contributed by atoms with Crippen molar-refractivity contribution < 1.29 is 37.8 Å². The number of nitrogens with zero attached hydrogens (tertiary/aromatic N) is 6. The van der Waals surface area contributed by atoms with E-state index in [1.54, 1.807) is 28.8 Å². The number of phosphoric ester groups is 1. The number of hydrogen-bond acceptors (Lipinski definition) is 13. The van der Waals surface area contributed by atoms with E-state index in [4.69, 9.17) is 29.9 Å². The van der Waals surface area contributed by atoms with Gasteiger partial charge in [0.2, 0.25) is 0 Å². The second kappa shape index (κ2) is 13.8. The highest BCUT2D eigenvalue weighted by atomic mass is 35.5. The Morgan fingerprint density at radius 2 is 1.52 bits per heavy atom. The summed E-state index contributed by atoms with van der Waals surface area (Å²) in [4.78, 5) is 33.2. The zero-order chi connectivity index (χ0) is 31.3. The van der Waals surface area contributed by atoms with Crippen molar-refractivity contribution in [3.05, 3.63) is 97.7 Å². The van der Waals surface area contributed by atoms with Crippen LogP contribution in [0.5, 0.6) is 0 Å². The lowest BCUT2D eigenvalue weighted by Crippen LogP contribution is -2.27. The molecule has 3 heterocycles. The van der Waals surface area contributed by atoms with Crippen molar-refractivity contribution in [2.24, 2.45) is 0 Å². The van der Waals surface area contributed by atoms with Gasteiger partial charge in [-0.1, -0.05) is 35.9 Å². The first kappa shape index (κ1) is 31.5. The summed E-state index contributed by atoms with van der Waals surface area (Å²) >= 11 is 6.12. The van der Waals surface area contributed by atoms with E-state index < -0.39 is 42.7 Å². The van der Waals surface area contributed by atoms with E-state index in [1.807, 2.05) is 0 Å². The molecule has 0 radical (unpaired) electrons. The van der Waals surface area contributed by atoms with Gasteiger partial charge in [0.15, 0.2) is 10.8 Å². The highest BCUT2D eigenvalue weighted by molar-refractivity contribution is 7.48. The number of hydrogen-bond donors (Lipinski definition) is 1. The Morgan fingerprint density at radius 1 is 0.955 bits per heavy atom. The Morgan fingerprint density at radius 3 is 2.05 bits per heavy atom. The van der Waals surface area contributed by atoms with Crippen LogP contribution >= 0.6 is 19.4 Å². The highest BCUT2D eigenvalue weighted by Crippen LogP contribution is 2.53. The summed E-state index contributed by atoms with van der Waals surface area (Å²) in [5.74, 6) is 0. The first-order valence-corrected chi connectivity index (χ1v) is 15.1. The van der Waals surface area contributed by atoms with Crippen LogP contribution in [-0.4, -0.2) is 66.5 Å². The third-order valence-corrected chi connectivity index (χ3v) is 8.63. The summed E-state index contributed by atoms with van der Waals surface area (Å²) in [6.07, 6.45) is 0.817. The zero-order valence-electron chi connectivity index (χ0n) is 22.9. The minimum atomic E-state index is -4.28. The van der Waals surface area contributed by atoms with Crippen molar-refractivity contribution in [2.75, 3.05) is 19.8 Å². The van der Waals surface area contributed by atoms with Crippen LogP contribution in [-0.2, 0) is 35.7 Å². The van der Waals surface area contributed by atoms with E-state index >= 15 is 0 Å². The van der Waals surface area contributed by atoms with E-state index in [1.165, 1.54) is 36.9 Å². The number of nitro benzene ring substituents is 2. The molecule has 4 aromatic rings. The average molecular weight is 649 g/mol. The van der Waals surface area contributed by atoms with Gasteiger partial charge >= 0.3 is 7.82 Å². The Hall–Kier alpha value is -3.89. The number of imidazole rings is 1. The number of non-ortho nitro benzene ring substituents is 2. The predicted octanol–water partition coefficient (Wildman–Crippen LogP) is 4.59. The molecule has 1 saturated heterocycles. The van der Waals surface area contributed by atoms with Crippen LogP contribution in [0.2, 0.25) is 5.15 Å². The molecule has 1 fully saturated rings. The van der Waals surface area contributed by atoms with Gasteiger partial charge in [0.05, 0.1) is 36.0 Å². The Balaban J connectivity index is 1.28. The normalized spacial score (nSPS) is 18.5. The van der Waals surface area contributed by atoms with E-state index in [0.717, 1.165) is 0 Å². The molecule has 0 bridgehead atoms. The van der Waals surface area contributed by atoms with Crippen molar-refractivity contribution in [2.45, 2.75) is 37.7 Å². The maximum atomic E-state index is 13.9. The van der Waals surface area contributed by atoms with Crippen LogP contribution in [0, 0.1) is 20.2 Å². The number of fused-ring (bicyclic) bond motifs is 1. The summed E-state index contributed by atoms with van der Waals surface area (Å²) in [7, 11) is -4.28. The molecule has 2 aromatic heterocycles. The lowest BCUT2D eigenvalue weighted by atomic mass is 10.1. The number of nitro groups is 2. The highest BCUT2D eigenvalue weighted by Gasteiger charge is 2.43. The van der Waals surface area contributed by atoms with Crippen LogP contribution in [0.15, 0.2) is 61.2 Å². The van der Waals surface area contributed by atoms with E-state index in [9.17, 15) is 29.9 Å². The summed E-state index contributed by atoms with van der Waals surface area (Å²) < 4.78 is 38.7. The van der Waals surface area contributed by atoms with Crippen LogP contribution < -0.4 is 0 Å². The van der Waals surface area contributed by atoms with Gasteiger partial charge in [-0.15, -0.1) is 0 Å². The number of aliphatic hydroxyl groups is 1. The maximum absolute atomic E-state index is 13.9. The lowest BCUT2D eigenvalue weighted by molar-refractivity contribution is -0.385. The molecule has 44 heavy (non-hydrogen) atoms. The van der Waals surface area contributed by atoms with Crippen molar-refractivity contribution in [1.82, 2.24) is 19.5 Å². The van der Waals surface area contributed by atoms with Gasteiger partial charge in [-0.2, -0.15) is 0 Å². The van der Waals surface area contributed by atoms with Crippen LogP contribution in [0.4, 0.5) is 11.4 Å². The minimum Gasteiger partial charge on any atom is -0.394 e. The monoisotopic (exact) mass is 648 g/mol. The van der Waals surface area contributed by atoms with Gasteiger partial charge in [-0.3, -0.25) is 38.4 Å². The number of ether oxygens (including phenoxy) is 1. The SMILES string of the molecule is O=[N+]([O-])c1ccc(CCOP(=O)(OCCc2ccc([N+](=O)[O-])cc2)O[C@H]2C[C@H](n3cnc4c(Cl)ncnc43)O[C@@H]2CO)cc1. The second-order valence-corrected chi connectivity index (χ2v) is 11.6. The number of aliphatic hydroxyl groups excluding tert-OH is 1. The average Bonchev–Trinajstić information content (AvgIpc) is 3.62. The van der Waals surface area contributed by atoms with Gasteiger partial charge in [-0.25, -0.2) is 19.5 Å². The van der Waals surface area contributed by atoms with Gasteiger partial charge < -0.3 is 9.84 Å². The summed E-state index contributed by atoms with van der Waals surface area (Å²) in [6.45, 7) is -0.695.